The quantitative estimate of drug-likeness (QED) is 0.794. The Bertz CT molecular complexity index is 889. The topological polar surface area (TPSA) is 109 Å². The molecule has 0 radical (unpaired) electrons. The predicted octanol–water partition coefficient (Wildman–Crippen LogP) is 0.548. The zero-order chi connectivity index (χ0) is 17.8. The van der Waals surface area contributed by atoms with E-state index in [2.05, 4.69) is 9.97 Å². The maximum atomic E-state index is 11.9. The lowest BCUT2D eigenvalue weighted by molar-refractivity contribution is -0.154. The van der Waals surface area contributed by atoms with Gasteiger partial charge in [-0.2, -0.15) is 0 Å². The monoisotopic (exact) mass is 343 g/mol. The van der Waals surface area contributed by atoms with E-state index in [0.717, 1.165) is 4.90 Å². The van der Waals surface area contributed by atoms with Gasteiger partial charge in [-0.1, -0.05) is 12.1 Å². The average Bonchev–Trinajstić information content (AvgIpc) is 3.04. The molecule has 1 aromatic heterocycles. The minimum absolute atomic E-state index is 0.0253. The number of aryl methyl sites for hydroxylation is 1. The molecule has 0 spiro atoms. The van der Waals surface area contributed by atoms with Crippen molar-refractivity contribution in [3.05, 3.63) is 40.4 Å². The first kappa shape index (κ1) is 16.8. The van der Waals surface area contributed by atoms with Crippen LogP contribution in [0.4, 0.5) is 0 Å². The molecule has 2 heterocycles. The molecule has 1 saturated heterocycles. The summed E-state index contributed by atoms with van der Waals surface area (Å²) in [4.78, 5) is 55.0. The lowest BCUT2D eigenvalue weighted by atomic mass is 10.2. The molecule has 2 aromatic rings. The molecule has 0 aliphatic carbocycles. The largest absolute Gasteiger partial charge is 0.456 e. The molecule has 1 N–H and O–H groups in total. The van der Waals surface area contributed by atoms with Crippen LogP contribution in [0.25, 0.3) is 10.9 Å². The highest BCUT2D eigenvalue weighted by atomic mass is 16.5. The van der Waals surface area contributed by atoms with Crippen LogP contribution in [0.1, 0.15) is 25.1 Å². The van der Waals surface area contributed by atoms with Gasteiger partial charge >= 0.3 is 5.97 Å². The second kappa shape index (κ2) is 7.25. The zero-order valence-corrected chi connectivity index (χ0v) is 13.5. The number of imide groups is 1. The van der Waals surface area contributed by atoms with Crippen molar-refractivity contribution in [3.63, 3.8) is 0 Å². The number of ether oxygens (including phenoxy) is 1. The van der Waals surface area contributed by atoms with Crippen molar-refractivity contribution >= 4 is 28.7 Å². The Morgan fingerprint density at radius 3 is 2.80 bits per heavy atom. The molecule has 0 atom stereocenters. The first-order valence-corrected chi connectivity index (χ1v) is 8.01. The Kier molecular flexibility index (Phi) is 4.87. The number of carbonyl (C=O) groups excluding carboxylic acids is 3. The van der Waals surface area contributed by atoms with Crippen LogP contribution in [0, 0.1) is 0 Å². The lowest BCUT2D eigenvalue weighted by Gasteiger charge is -2.13. The van der Waals surface area contributed by atoms with Gasteiger partial charge in [0.05, 0.1) is 17.3 Å². The molecule has 1 fully saturated rings. The summed E-state index contributed by atoms with van der Waals surface area (Å²) in [6.45, 7) is -0.0797. The Balaban J connectivity index is 1.53. The first-order chi connectivity index (χ1) is 12.0. The summed E-state index contributed by atoms with van der Waals surface area (Å²) in [6.07, 6.45) is 1.15. The molecule has 0 saturated carbocycles. The fraction of sp³-hybridized carbons (Fsp3) is 0.353. The number of aromatic nitrogens is 2. The number of hydrogen-bond acceptors (Lipinski definition) is 6. The average molecular weight is 343 g/mol. The normalized spacial score (nSPS) is 14.1. The number of benzene rings is 1. The highest BCUT2D eigenvalue weighted by Crippen LogP contribution is 2.10. The molecule has 1 aliphatic heterocycles. The van der Waals surface area contributed by atoms with E-state index in [9.17, 15) is 19.2 Å². The van der Waals surface area contributed by atoms with Crippen LogP contribution in [0.2, 0.25) is 0 Å². The number of amides is 2. The Hall–Kier alpha value is -3.03. The van der Waals surface area contributed by atoms with Gasteiger partial charge in [0, 0.05) is 19.4 Å². The Labute approximate surface area is 142 Å². The summed E-state index contributed by atoms with van der Waals surface area (Å²) in [7, 11) is 0. The highest BCUT2D eigenvalue weighted by Gasteiger charge is 2.26. The van der Waals surface area contributed by atoms with E-state index in [1.165, 1.54) is 0 Å². The number of H-pyrrole nitrogens is 1. The van der Waals surface area contributed by atoms with Crippen LogP contribution < -0.4 is 5.56 Å². The van der Waals surface area contributed by atoms with Gasteiger partial charge < -0.3 is 9.72 Å². The number of aromatic amines is 1. The number of likely N-dealkylation sites (tertiary alicyclic amines) is 1. The second-order valence-corrected chi connectivity index (χ2v) is 5.73. The van der Waals surface area contributed by atoms with Gasteiger partial charge in [-0.3, -0.25) is 24.1 Å². The van der Waals surface area contributed by atoms with E-state index in [0.29, 0.717) is 36.1 Å². The van der Waals surface area contributed by atoms with Crippen LogP contribution in [-0.4, -0.2) is 45.8 Å². The molecular weight excluding hydrogens is 326 g/mol. The Morgan fingerprint density at radius 2 is 2.04 bits per heavy atom. The number of para-hydroxylation sites is 1. The summed E-state index contributed by atoms with van der Waals surface area (Å²) in [5.74, 6) is -0.954. The summed E-state index contributed by atoms with van der Waals surface area (Å²) in [5, 5.41) is 0.481. The van der Waals surface area contributed by atoms with Gasteiger partial charge in [-0.15, -0.1) is 0 Å². The van der Waals surface area contributed by atoms with E-state index in [-0.39, 0.29) is 24.3 Å². The van der Waals surface area contributed by atoms with Crippen molar-refractivity contribution in [1.82, 2.24) is 14.9 Å². The van der Waals surface area contributed by atoms with Gasteiger partial charge in [-0.05, 0) is 18.6 Å². The molecule has 8 heteroatoms. The molecule has 0 bridgehead atoms. The van der Waals surface area contributed by atoms with Crippen molar-refractivity contribution in [2.45, 2.75) is 25.7 Å². The molecule has 1 aromatic carbocycles. The van der Waals surface area contributed by atoms with Gasteiger partial charge in [-0.25, -0.2) is 4.98 Å². The fourth-order valence-corrected chi connectivity index (χ4v) is 2.68. The first-order valence-electron chi connectivity index (χ1n) is 8.01. The molecule has 1 aliphatic rings. The third-order valence-corrected chi connectivity index (χ3v) is 3.96. The van der Waals surface area contributed by atoms with Crippen molar-refractivity contribution in [2.24, 2.45) is 0 Å². The number of nitrogens with one attached hydrogen (secondary N) is 1. The lowest BCUT2D eigenvalue weighted by Crippen LogP contribution is -2.35. The number of carbonyl (C=O) groups is 3. The molecule has 0 unspecified atom stereocenters. The van der Waals surface area contributed by atoms with Crippen molar-refractivity contribution in [3.8, 4) is 0 Å². The van der Waals surface area contributed by atoms with Crippen LogP contribution in [-0.2, 0) is 25.5 Å². The molecule has 130 valence electrons. The smallest absolute Gasteiger partial charge is 0.306 e. The summed E-state index contributed by atoms with van der Waals surface area (Å²) < 4.78 is 4.90. The molecule has 25 heavy (non-hydrogen) atoms. The standard InChI is InChI=1S/C17H17N3O5/c21-14-6-3-9-20(14)15(22)10-25-16(23)8-7-13-18-12-5-2-1-4-11(12)17(24)19-13/h1-2,4-5H,3,6-10H2,(H,18,19,24). The third kappa shape index (κ3) is 3.90. The van der Waals surface area contributed by atoms with E-state index in [1.807, 2.05) is 0 Å². The maximum absolute atomic E-state index is 11.9. The van der Waals surface area contributed by atoms with Gasteiger partial charge in [0.25, 0.3) is 11.5 Å². The van der Waals surface area contributed by atoms with Crippen molar-refractivity contribution in [2.75, 3.05) is 13.2 Å². The van der Waals surface area contributed by atoms with Crippen LogP contribution in [0.15, 0.2) is 29.1 Å². The number of fused-ring (bicyclic) bond motifs is 1. The van der Waals surface area contributed by atoms with Gasteiger partial charge in [0.2, 0.25) is 5.91 Å². The number of esters is 1. The highest BCUT2D eigenvalue weighted by molar-refractivity contribution is 5.97. The summed E-state index contributed by atoms with van der Waals surface area (Å²) >= 11 is 0. The summed E-state index contributed by atoms with van der Waals surface area (Å²) in [6, 6.07) is 6.92. The van der Waals surface area contributed by atoms with E-state index < -0.39 is 18.5 Å². The van der Waals surface area contributed by atoms with Crippen LogP contribution in [0.5, 0.6) is 0 Å². The second-order valence-electron chi connectivity index (χ2n) is 5.73. The number of hydrogen-bond donors (Lipinski definition) is 1. The fourth-order valence-electron chi connectivity index (χ4n) is 2.68. The van der Waals surface area contributed by atoms with Crippen molar-refractivity contribution < 1.29 is 19.1 Å². The predicted molar refractivity (Wildman–Crippen MR) is 87.6 cm³/mol. The number of nitrogens with zero attached hydrogens (tertiary/aromatic N) is 2. The molecule has 8 nitrogen and oxygen atoms in total. The maximum Gasteiger partial charge on any atom is 0.306 e. The van der Waals surface area contributed by atoms with Gasteiger partial charge in [0.1, 0.15) is 5.82 Å². The van der Waals surface area contributed by atoms with Crippen molar-refractivity contribution in [1.29, 1.82) is 0 Å². The SMILES string of the molecule is O=C(CCc1nc2ccccc2c(=O)[nH]1)OCC(=O)N1CCCC1=O. The Morgan fingerprint density at radius 1 is 1.24 bits per heavy atom. The molecule has 3 rings (SSSR count). The minimum Gasteiger partial charge on any atom is -0.456 e. The van der Waals surface area contributed by atoms with E-state index >= 15 is 0 Å². The van der Waals surface area contributed by atoms with Crippen LogP contribution in [0.3, 0.4) is 0 Å². The summed E-state index contributed by atoms with van der Waals surface area (Å²) in [5.41, 5.74) is 0.286. The molecule has 2 amide bonds. The van der Waals surface area contributed by atoms with Gasteiger partial charge in [0.15, 0.2) is 6.61 Å². The zero-order valence-electron chi connectivity index (χ0n) is 13.5. The van der Waals surface area contributed by atoms with Crippen LogP contribution >= 0.6 is 0 Å². The van der Waals surface area contributed by atoms with E-state index in [4.69, 9.17) is 4.74 Å². The third-order valence-electron chi connectivity index (χ3n) is 3.96. The minimum atomic E-state index is -0.587. The number of rotatable bonds is 5. The molecular formula is C17H17N3O5. The van der Waals surface area contributed by atoms with E-state index in [1.54, 1.807) is 24.3 Å².